The zero-order valence-electron chi connectivity index (χ0n) is 9.19. The second-order valence-electron chi connectivity index (χ2n) is 3.43. The predicted molar refractivity (Wildman–Crippen MR) is 62.4 cm³/mol. The molecule has 1 N–H and O–H groups in total. The number of carbonyl (C=O) groups excluding carboxylic acids is 1. The first-order valence-electron chi connectivity index (χ1n) is 5.15. The highest BCUT2D eigenvalue weighted by Crippen LogP contribution is 2.17. The molecular formula is C13H9F2NO2. The molecule has 2 rings (SSSR count). The van der Waals surface area contributed by atoms with Gasteiger partial charge in [-0.2, -0.15) is 0 Å². The number of nitrogens with one attached hydrogen (secondary N) is 1. The van der Waals surface area contributed by atoms with Crippen LogP contribution in [-0.2, 0) is 0 Å². The Balaban J connectivity index is 2.06. The van der Waals surface area contributed by atoms with Crippen LogP contribution in [0.4, 0.5) is 19.3 Å². The Morgan fingerprint density at radius 3 is 2.44 bits per heavy atom. The normalized spacial score (nSPS) is 9.89. The van der Waals surface area contributed by atoms with Crippen LogP contribution in [0.3, 0.4) is 0 Å². The van der Waals surface area contributed by atoms with Crippen molar-refractivity contribution in [1.82, 2.24) is 0 Å². The summed E-state index contributed by atoms with van der Waals surface area (Å²) in [6.45, 7) is 0. The van der Waals surface area contributed by atoms with E-state index >= 15 is 0 Å². The average molecular weight is 249 g/mol. The molecule has 0 aliphatic rings. The third-order valence-corrected chi connectivity index (χ3v) is 2.14. The lowest BCUT2D eigenvalue weighted by Crippen LogP contribution is -2.17. The Hall–Kier alpha value is -2.43. The molecule has 18 heavy (non-hydrogen) atoms. The van der Waals surface area contributed by atoms with Crippen LogP contribution in [0.1, 0.15) is 0 Å². The van der Waals surface area contributed by atoms with E-state index in [9.17, 15) is 13.6 Å². The molecule has 0 aromatic heterocycles. The van der Waals surface area contributed by atoms with Gasteiger partial charge in [-0.05, 0) is 24.3 Å². The molecule has 0 unspecified atom stereocenters. The third kappa shape index (κ3) is 2.82. The summed E-state index contributed by atoms with van der Waals surface area (Å²) in [7, 11) is 0. The van der Waals surface area contributed by atoms with Crippen LogP contribution < -0.4 is 10.1 Å². The maximum absolute atomic E-state index is 13.3. The summed E-state index contributed by atoms with van der Waals surface area (Å²) < 4.78 is 31.0. The van der Waals surface area contributed by atoms with Crippen molar-refractivity contribution in [2.45, 2.75) is 0 Å². The summed E-state index contributed by atoms with van der Waals surface area (Å²) in [5.74, 6) is -1.85. The maximum Gasteiger partial charge on any atom is 0.417 e. The zero-order chi connectivity index (χ0) is 13.0. The number of ether oxygens (including phenoxy) is 1. The van der Waals surface area contributed by atoms with Crippen molar-refractivity contribution in [2.24, 2.45) is 0 Å². The smallest absolute Gasteiger partial charge is 0.410 e. The molecule has 0 radical (unpaired) electrons. The van der Waals surface area contributed by atoms with Gasteiger partial charge in [-0.25, -0.2) is 13.6 Å². The van der Waals surface area contributed by atoms with E-state index in [2.05, 4.69) is 5.32 Å². The fraction of sp³-hybridized carbons (Fsp3) is 0. The summed E-state index contributed by atoms with van der Waals surface area (Å²) in [4.78, 5) is 11.4. The molecule has 0 bridgehead atoms. The first kappa shape index (κ1) is 12.0. The fourth-order valence-electron chi connectivity index (χ4n) is 1.33. The fourth-order valence-corrected chi connectivity index (χ4v) is 1.33. The molecule has 0 heterocycles. The first-order valence-corrected chi connectivity index (χ1v) is 5.15. The minimum Gasteiger partial charge on any atom is -0.410 e. The highest BCUT2D eigenvalue weighted by Gasteiger charge is 2.11. The Morgan fingerprint density at radius 2 is 1.72 bits per heavy atom. The van der Waals surface area contributed by atoms with Crippen LogP contribution in [0.15, 0.2) is 48.5 Å². The number of halogens is 2. The lowest BCUT2D eigenvalue weighted by atomic mass is 10.3. The lowest BCUT2D eigenvalue weighted by Gasteiger charge is -2.07. The molecule has 0 aliphatic carbocycles. The molecule has 1 amide bonds. The molecule has 2 aromatic rings. The number of amides is 1. The summed E-state index contributed by atoms with van der Waals surface area (Å²) in [6.07, 6.45) is -0.884. The van der Waals surface area contributed by atoms with Crippen molar-refractivity contribution >= 4 is 11.8 Å². The van der Waals surface area contributed by atoms with Gasteiger partial charge in [-0.15, -0.1) is 0 Å². The van der Waals surface area contributed by atoms with Crippen molar-refractivity contribution < 1.29 is 18.3 Å². The molecule has 0 fully saturated rings. The monoisotopic (exact) mass is 249 g/mol. The Labute approximate surface area is 102 Å². The standard InChI is InChI=1S/C13H9F2NO2/c14-10-7-4-8-11(12(10)15)16-13(17)18-9-5-2-1-3-6-9/h1-8H,(H,16,17). The van der Waals surface area contributed by atoms with Crippen molar-refractivity contribution in [2.75, 3.05) is 5.32 Å². The second-order valence-corrected chi connectivity index (χ2v) is 3.43. The van der Waals surface area contributed by atoms with E-state index < -0.39 is 17.7 Å². The van der Waals surface area contributed by atoms with Gasteiger partial charge >= 0.3 is 6.09 Å². The van der Waals surface area contributed by atoms with Gasteiger partial charge in [0.05, 0.1) is 5.69 Å². The van der Waals surface area contributed by atoms with E-state index in [4.69, 9.17) is 4.74 Å². The number of benzene rings is 2. The second kappa shape index (κ2) is 5.27. The van der Waals surface area contributed by atoms with E-state index in [0.717, 1.165) is 6.07 Å². The van der Waals surface area contributed by atoms with E-state index in [1.54, 1.807) is 30.3 Å². The van der Waals surface area contributed by atoms with Crippen LogP contribution in [0.5, 0.6) is 5.75 Å². The van der Waals surface area contributed by atoms with Crippen LogP contribution >= 0.6 is 0 Å². The van der Waals surface area contributed by atoms with Gasteiger partial charge in [0.15, 0.2) is 11.6 Å². The number of anilines is 1. The highest BCUT2D eigenvalue weighted by molar-refractivity contribution is 5.86. The first-order chi connectivity index (χ1) is 8.66. The molecular weight excluding hydrogens is 240 g/mol. The van der Waals surface area contributed by atoms with Gasteiger partial charge < -0.3 is 4.74 Å². The quantitative estimate of drug-likeness (QED) is 0.883. The minimum absolute atomic E-state index is 0.268. The van der Waals surface area contributed by atoms with Gasteiger partial charge in [-0.1, -0.05) is 24.3 Å². The Morgan fingerprint density at radius 1 is 1.00 bits per heavy atom. The third-order valence-electron chi connectivity index (χ3n) is 2.14. The number of carbonyl (C=O) groups is 1. The molecule has 0 spiro atoms. The van der Waals surface area contributed by atoms with Crippen LogP contribution in [0.25, 0.3) is 0 Å². The molecule has 3 nitrogen and oxygen atoms in total. The topological polar surface area (TPSA) is 38.3 Å². The average Bonchev–Trinajstić information content (AvgIpc) is 2.36. The van der Waals surface area contributed by atoms with Crippen LogP contribution in [0.2, 0.25) is 0 Å². The molecule has 0 saturated heterocycles. The number of para-hydroxylation sites is 1. The van der Waals surface area contributed by atoms with Crippen LogP contribution in [-0.4, -0.2) is 6.09 Å². The van der Waals surface area contributed by atoms with E-state index in [0.29, 0.717) is 5.75 Å². The van der Waals surface area contributed by atoms with Crippen molar-refractivity contribution in [3.05, 3.63) is 60.2 Å². The summed E-state index contributed by atoms with van der Waals surface area (Å²) in [6, 6.07) is 11.8. The van der Waals surface area contributed by atoms with Gasteiger partial charge in [0.25, 0.3) is 0 Å². The molecule has 92 valence electrons. The van der Waals surface area contributed by atoms with Crippen molar-refractivity contribution in [3.8, 4) is 5.75 Å². The number of hydrogen-bond donors (Lipinski definition) is 1. The minimum atomic E-state index is -1.12. The van der Waals surface area contributed by atoms with E-state index in [-0.39, 0.29) is 5.69 Å². The largest absolute Gasteiger partial charge is 0.417 e. The summed E-state index contributed by atoms with van der Waals surface area (Å²) in [5.41, 5.74) is -0.268. The van der Waals surface area contributed by atoms with Gasteiger partial charge in [0.2, 0.25) is 0 Å². The van der Waals surface area contributed by atoms with Gasteiger partial charge in [-0.3, -0.25) is 5.32 Å². The molecule has 0 atom stereocenters. The molecule has 5 heteroatoms. The SMILES string of the molecule is O=C(Nc1cccc(F)c1F)Oc1ccccc1. The molecule has 0 saturated carbocycles. The number of hydrogen-bond acceptors (Lipinski definition) is 2. The highest BCUT2D eigenvalue weighted by atomic mass is 19.2. The predicted octanol–water partition coefficient (Wildman–Crippen LogP) is 3.58. The molecule has 2 aromatic carbocycles. The van der Waals surface area contributed by atoms with Gasteiger partial charge in [0.1, 0.15) is 5.75 Å². The Bertz CT molecular complexity index is 558. The molecule has 0 aliphatic heterocycles. The van der Waals surface area contributed by atoms with Gasteiger partial charge in [0, 0.05) is 0 Å². The maximum atomic E-state index is 13.3. The lowest BCUT2D eigenvalue weighted by molar-refractivity contribution is 0.215. The van der Waals surface area contributed by atoms with Crippen LogP contribution in [0, 0.1) is 11.6 Å². The van der Waals surface area contributed by atoms with E-state index in [1.807, 2.05) is 0 Å². The van der Waals surface area contributed by atoms with Crippen molar-refractivity contribution in [1.29, 1.82) is 0 Å². The van der Waals surface area contributed by atoms with Crippen molar-refractivity contribution in [3.63, 3.8) is 0 Å². The Kier molecular flexibility index (Phi) is 3.52. The van der Waals surface area contributed by atoms with E-state index in [1.165, 1.54) is 12.1 Å². The summed E-state index contributed by atoms with van der Waals surface area (Å²) in [5, 5.41) is 2.12. The number of rotatable bonds is 2. The zero-order valence-corrected chi connectivity index (χ0v) is 9.19. The summed E-state index contributed by atoms with van der Waals surface area (Å²) >= 11 is 0.